The fourth-order valence-electron chi connectivity index (χ4n) is 3.83. The van der Waals surface area contributed by atoms with E-state index in [0.29, 0.717) is 22.6 Å². The number of nitrogens with two attached hydrogens (primary N) is 1. The molecule has 4 N–H and O–H groups in total. The molecule has 0 radical (unpaired) electrons. The second-order valence-electron chi connectivity index (χ2n) is 8.06. The molecule has 4 rings (SSSR count). The van der Waals surface area contributed by atoms with E-state index in [1.807, 2.05) is 24.3 Å². The summed E-state index contributed by atoms with van der Waals surface area (Å²) in [5, 5.41) is 5.80. The average molecular weight is 508 g/mol. The van der Waals surface area contributed by atoms with Gasteiger partial charge in [0.05, 0.1) is 19.6 Å². The minimum absolute atomic E-state index is 0.155. The van der Waals surface area contributed by atoms with E-state index in [2.05, 4.69) is 25.4 Å². The Hall–Kier alpha value is -3.09. The van der Waals surface area contributed by atoms with Crippen molar-refractivity contribution in [1.82, 2.24) is 15.2 Å². The van der Waals surface area contributed by atoms with Crippen molar-refractivity contribution in [2.24, 2.45) is 0 Å². The van der Waals surface area contributed by atoms with Gasteiger partial charge in [-0.05, 0) is 24.3 Å². The number of benzene rings is 1. The second kappa shape index (κ2) is 10.5. The molecule has 2 aliphatic rings. The van der Waals surface area contributed by atoms with Crippen LogP contribution in [-0.2, 0) is 14.3 Å². The third-order valence-electron chi connectivity index (χ3n) is 5.57. The highest BCUT2D eigenvalue weighted by molar-refractivity contribution is 7.20. The summed E-state index contributed by atoms with van der Waals surface area (Å²) in [4.78, 5) is 45.5. The molecule has 2 aliphatic heterocycles. The molecular weight excluding hydrogens is 482 g/mol. The van der Waals surface area contributed by atoms with Gasteiger partial charge < -0.3 is 26.0 Å². The van der Waals surface area contributed by atoms with Crippen LogP contribution >= 0.6 is 22.9 Å². The van der Waals surface area contributed by atoms with Crippen molar-refractivity contribution in [3.8, 4) is 0 Å². The van der Waals surface area contributed by atoms with Gasteiger partial charge in [0.2, 0.25) is 11.8 Å². The van der Waals surface area contributed by atoms with Crippen LogP contribution < -0.4 is 26.2 Å². The number of piperazine rings is 1. The summed E-state index contributed by atoms with van der Waals surface area (Å²) in [5.74, 6) is -0.0975. The molecule has 0 bridgehead atoms. The Morgan fingerprint density at radius 3 is 2.50 bits per heavy atom. The minimum atomic E-state index is -0.419. The van der Waals surface area contributed by atoms with Crippen molar-refractivity contribution in [3.05, 3.63) is 28.6 Å². The van der Waals surface area contributed by atoms with Crippen LogP contribution in [0.25, 0.3) is 0 Å². The highest BCUT2D eigenvalue weighted by Gasteiger charge is 2.32. The van der Waals surface area contributed by atoms with Crippen molar-refractivity contribution < 1.29 is 19.1 Å². The van der Waals surface area contributed by atoms with E-state index in [1.165, 1.54) is 6.92 Å². The third kappa shape index (κ3) is 5.88. The molecule has 0 saturated carbocycles. The number of amides is 3. The zero-order valence-electron chi connectivity index (χ0n) is 18.6. The number of ether oxygens (including phenoxy) is 1. The molecule has 0 unspecified atom stereocenters. The first-order valence-electron chi connectivity index (χ1n) is 10.8. The van der Waals surface area contributed by atoms with Crippen LogP contribution in [0.5, 0.6) is 0 Å². The molecule has 1 aromatic carbocycles. The smallest absolute Gasteiger partial charge is 0.414 e. The zero-order chi connectivity index (χ0) is 24.2. The van der Waals surface area contributed by atoms with Crippen molar-refractivity contribution in [1.29, 1.82) is 0 Å². The quantitative estimate of drug-likeness (QED) is 0.514. The molecule has 1 atom stereocenters. The number of halogens is 1. The number of cyclic esters (lactones) is 1. The molecule has 1 aromatic heterocycles. The number of hydrogen-bond donors (Lipinski definition) is 3. The monoisotopic (exact) mass is 507 g/mol. The predicted octanol–water partition coefficient (Wildman–Crippen LogP) is 1.60. The maximum atomic E-state index is 12.3. The Labute approximate surface area is 205 Å². The van der Waals surface area contributed by atoms with E-state index >= 15 is 0 Å². The van der Waals surface area contributed by atoms with E-state index in [0.717, 1.165) is 48.9 Å². The van der Waals surface area contributed by atoms with Gasteiger partial charge in [0.25, 0.3) is 0 Å². The molecule has 11 nitrogen and oxygen atoms in total. The van der Waals surface area contributed by atoms with Crippen LogP contribution in [0, 0.1) is 0 Å². The maximum Gasteiger partial charge on any atom is 0.414 e. The van der Waals surface area contributed by atoms with Crippen LogP contribution in [0.1, 0.15) is 6.92 Å². The number of hydrogen-bond acceptors (Lipinski definition) is 9. The normalized spacial score (nSPS) is 18.6. The maximum absolute atomic E-state index is 12.3. The number of carbonyl (C=O) groups excluding carboxylic acids is 3. The fraction of sp³-hybridized carbons (Fsp3) is 0.429. The number of aromatic nitrogens is 1. The molecule has 2 aromatic rings. The molecule has 2 fully saturated rings. The molecule has 182 valence electrons. The van der Waals surface area contributed by atoms with Gasteiger partial charge in [0.15, 0.2) is 10.9 Å². The van der Waals surface area contributed by atoms with Crippen molar-refractivity contribution in [2.75, 3.05) is 66.7 Å². The lowest BCUT2D eigenvalue weighted by Gasteiger charge is -2.35. The average Bonchev–Trinajstić information content (AvgIpc) is 3.33. The number of nitrogens with one attached hydrogen (secondary N) is 2. The lowest BCUT2D eigenvalue weighted by molar-refractivity contribution is -0.119. The van der Waals surface area contributed by atoms with Gasteiger partial charge in [-0.1, -0.05) is 22.9 Å². The Bertz CT molecular complexity index is 1040. The van der Waals surface area contributed by atoms with Gasteiger partial charge in [-0.15, -0.1) is 0 Å². The lowest BCUT2D eigenvalue weighted by atomic mass is 10.2. The highest BCUT2D eigenvalue weighted by atomic mass is 35.5. The summed E-state index contributed by atoms with van der Waals surface area (Å²) < 4.78 is 5.68. The molecule has 13 heteroatoms. The number of anilines is 4. The van der Waals surface area contributed by atoms with Crippen molar-refractivity contribution in [3.63, 3.8) is 0 Å². The van der Waals surface area contributed by atoms with Gasteiger partial charge in [-0.3, -0.25) is 19.4 Å². The number of thiazole rings is 1. The number of rotatable bonds is 7. The first-order chi connectivity index (χ1) is 16.3. The Morgan fingerprint density at radius 2 is 1.88 bits per heavy atom. The lowest BCUT2D eigenvalue weighted by Crippen LogP contribution is -2.48. The minimum Gasteiger partial charge on any atom is -0.442 e. The van der Waals surface area contributed by atoms with Gasteiger partial charge in [0, 0.05) is 44.5 Å². The fourth-order valence-corrected chi connectivity index (χ4v) is 4.72. The number of carbonyl (C=O) groups is 3. The Morgan fingerprint density at radius 1 is 1.21 bits per heavy atom. The summed E-state index contributed by atoms with van der Waals surface area (Å²) in [5.41, 5.74) is 7.40. The number of nitrogens with zero attached hydrogens (tertiary/aromatic N) is 4. The second-order valence-corrected chi connectivity index (χ2v) is 9.66. The summed E-state index contributed by atoms with van der Waals surface area (Å²) in [6.07, 6.45) is -0.788. The standard InChI is InChI=1S/C21H26ClN7O4S/c1-13(30)24-10-16-11-29(21(32)33-16)15-4-2-14(3-5-15)28-8-6-27(7-9-28)12-17(31)25-20-26-19(23)18(22)34-20/h2-5,16H,6-12,23H2,1H3,(H,24,30)(H,25,26,31)/t16-/m0/s1. The van der Waals surface area contributed by atoms with Gasteiger partial charge >= 0.3 is 6.09 Å². The molecule has 0 aliphatic carbocycles. The largest absolute Gasteiger partial charge is 0.442 e. The van der Waals surface area contributed by atoms with Crippen molar-refractivity contribution in [2.45, 2.75) is 13.0 Å². The summed E-state index contributed by atoms with van der Waals surface area (Å²) in [6.45, 7) is 5.39. The van der Waals surface area contributed by atoms with Gasteiger partial charge in [-0.2, -0.15) is 0 Å². The first kappa shape index (κ1) is 24.0. The Kier molecular flexibility index (Phi) is 7.39. The molecule has 3 amide bonds. The van der Waals surface area contributed by atoms with Crippen LogP contribution in [-0.4, -0.2) is 79.7 Å². The summed E-state index contributed by atoms with van der Waals surface area (Å²) in [7, 11) is 0. The predicted molar refractivity (Wildman–Crippen MR) is 132 cm³/mol. The van der Waals surface area contributed by atoms with E-state index in [-0.39, 0.29) is 30.3 Å². The van der Waals surface area contributed by atoms with E-state index in [9.17, 15) is 14.4 Å². The Balaban J connectivity index is 1.25. The van der Waals surface area contributed by atoms with Gasteiger partial charge in [-0.25, -0.2) is 9.78 Å². The van der Waals surface area contributed by atoms with Crippen molar-refractivity contribution >= 4 is 63.2 Å². The molecular formula is C21H26ClN7O4S. The molecule has 2 saturated heterocycles. The topological polar surface area (TPSA) is 133 Å². The molecule has 34 heavy (non-hydrogen) atoms. The summed E-state index contributed by atoms with van der Waals surface area (Å²) in [6, 6.07) is 7.73. The first-order valence-corrected chi connectivity index (χ1v) is 12.0. The SMILES string of the molecule is CC(=O)NC[C@H]1CN(c2ccc(N3CCN(CC(=O)Nc4nc(N)c(Cl)s4)CC3)cc2)C(=O)O1. The molecule has 3 heterocycles. The highest BCUT2D eigenvalue weighted by Crippen LogP contribution is 2.29. The van der Waals surface area contributed by atoms with E-state index in [4.69, 9.17) is 22.1 Å². The van der Waals surface area contributed by atoms with E-state index < -0.39 is 6.09 Å². The van der Waals surface area contributed by atoms with Crippen LogP contribution in [0.15, 0.2) is 24.3 Å². The van der Waals surface area contributed by atoms with Crippen LogP contribution in [0.2, 0.25) is 4.34 Å². The van der Waals surface area contributed by atoms with Gasteiger partial charge in [0.1, 0.15) is 10.4 Å². The van der Waals surface area contributed by atoms with Crippen LogP contribution in [0.4, 0.5) is 27.1 Å². The van der Waals surface area contributed by atoms with Crippen LogP contribution in [0.3, 0.4) is 0 Å². The number of nitrogen functional groups attached to an aromatic ring is 1. The van der Waals surface area contributed by atoms with E-state index in [1.54, 1.807) is 4.90 Å². The zero-order valence-corrected chi connectivity index (χ0v) is 20.2. The third-order valence-corrected chi connectivity index (χ3v) is 6.77. The molecule has 0 spiro atoms. The summed E-state index contributed by atoms with van der Waals surface area (Å²) >= 11 is 7.02.